The Bertz CT molecular complexity index is 909. The van der Waals surface area contributed by atoms with Crippen molar-refractivity contribution in [2.75, 3.05) is 20.3 Å². The summed E-state index contributed by atoms with van der Waals surface area (Å²) in [7, 11) is 1.60. The Hall–Kier alpha value is -2.75. The van der Waals surface area contributed by atoms with E-state index in [2.05, 4.69) is 11.9 Å². The fraction of sp³-hybridized carbons (Fsp3) is 0.400. The minimum Gasteiger partial charge on any atom is -0.496 e. The third-order valence-electron chi connectivity index (χ3n) is 5.66. The number of methoxy groups -OCH3 is 1. The lowest BCUT2D eigenvalue weighted by Gasteiger charge is -2.49. The second-order valence-electron chi connectivity index (χ2n) is 7.74. The molecule has 2 aliphatic heterocycles. The summed E-state index contributed by atoms with van der Waals surface area (Å²) in [6.45, 7) is 4.60. The molecule has 8 nitrogen and oxygen atoms in total. The number of ether oxygens (including phenoxy) is 6. The van der Waals surface area contributed by atoms with Crippen LogP contribution in [0.3, 0.4) is 0 Å². The van der Waals surface area contributed by atoms with E-state index in [1.165, 1.54) is 0 Å². The van der Waals surface area contributed by atoms with Crippen LogP contribution in [0, 0.1) is 0 Å². The van der Waals surface area contributed by atoms with Gasteiger partial charge in [0.2, 0.25) is 6.41 Å². The van der Waals surface area contributed by atoms with Crippen LogP contribution < -0.4 is 10.1 Å². The van der Waals surface area contributed by atoms with E-state index >= 15 is 0 Å². The molecule has 176 valence electrons. The van der Waals surface area contributed by atoms with Crippen LogP contribution in [0.1, 0.15) is 17.4 Å². The Morgan fingerprint density at radius 3 is 2.64 bits per heavy atom. The second kappa shape index (κ2) is 11.4. The highest BCUT2D eigenvalue weighted by atomic mass is 16.8. The van der Waals surface area contributed by atoms with Crippen molar-refractivity contribution in [3.05, 3.63) is 78.4 Å². The summed E-state index contributed by atoms with van der Waals surface area (Å²) in [5.41, 5.74) is 1.76. The van der Waals surface area contributed by atoms with Crippen LogP contribution in [0.4, 0.5) is 0 Å². The highest BCUT2D eigenvalue weighted by Crippen LogP contribution is 2.38. The number of nitrogens with one attached hydrogen (secondary N) is 1. The fourth-order valence-corrected chi connectivity index (χ4v) is 4.12. The molecule has 8 heteroatoms. The molecule has 1 N–H and O–H groups in total. The Balaban J connectivity index is 1.55. The van der Waals surface area contributed by atoms with E-state index in [9.17, 15) is 4.79 Å². The molecule has 0 saturated carbocycles. The van der Waals surface area contributed by atoms with Gasteiger partial charge >= 0.3 is 0 Å². The van der Waals surface area contributed by atoms with Gasteiger partial charge in [0, 0.05) is 5.56 Å². The van der Waals surface area contributed by atoms with E-state index in [4.69, 9.17) is 28.4 Å². The predicted molar refractivity (Wildman–Crippen MR) is 119 cm³/mol. The van der Waals surface area contributed by atoms with Crippen LogP contribution in [0.2, 0.25) is 0 Å². The smallest absolute Gasteiger partial charge is 0.207 e. The molecule has 2 aromatic rings. The summed E-state index contributed by atoms with van der Waals surface area (Å²) in [5.74, 6) is 0.660. The fourth-order valence-electron chi connectivity index (χ4n) is 4.12. The number of hydrogen-bond donors (Lipinski definition) is 1. The maximum absolute atomic E-state index is 11.5. The van der Waals surface area contributed by atoms with Crippen molar-refractivity contribution in [3.63, 3.8) is 0 Å². The summed E-state index contributed by atoms with van der Waals surface area (Å²) in [5, 5.41) is 2.80. The molecule has 33 heavy (non-hydrogen) atoms. The normalized spacial score (nSPS) is 29.0. The average molecular weight is 456 g/mol. The molecule has 2 fully saturated rings. The number of rotatable bonds is 10. The van der Waals surface area contributed by atoms with Crippen LogP contribution >= 0.6 is 0 Å². The summed E-state index contributed by atoms with van der Waals surface area (Å²) in [6.07, 6.45) is -0.651. The Morgan fingerprint density at radius 1 is 1.09 bits per heavy atom. The lowest BCUT2D eigenvalue weighted by Crippen LogP contribution is -2.66. The minimum absolute atomic E-state index is 0.264. The molecule has 2 heterocycles. The first kappa shape index (κ1) is 23.4. The second-order valence-corrected chi connectivity index (χ2v) is 7.74. The number of para-hydroxylation sites is 1. The number of carbonyl (C=O) groups is 1. The largest absolute Gasteiger partial charge is 0.496 e. The average Bonchev–Trinajstić information content (AvgIpc) is 2.87. The monoisotopic (exact) mass is 455 g/mol. The number of amides is 1. The molecule has 0 aliphatic carbocycles. The highest BCUT2D eigenvalue weighted by molar-refractivity contribution is 5.47. The van der Waals surface area contributed by atoms with Crippen molar-refractivity contribution in [1.82, 2.24) is 5.32 Å². The van der Waals surface area contributed by atoms with Gasteiger partial charge in [-0.1, -0.05) is 54.6 Å². The molecule has 0 aromatic heterocycles. The molecule has 0 unspecified atom stereocenters. The molecular formula is C25H29NO7. The van der Waals surface area contributed by atoms with Gasteiger partial charge in [0.05, 0.1) is 26.9 Å². The lowest BCUT2D eigenvalue weighted by atomic mass is 9.95. The first-order chi connectivity index (χ1) is 16.2. The number of benzene rings is 2. The topological polar surface area (TPSA) is 84.5 Å². The van der Waals surface area contributed by atoms with Crippen LogP contribution in [-0.4, -0.2) is 57.4 Å². The summed E-state index contributed by atoms with van der Waals surface area (Å²) in [6, 6.07) is 16.7. The number of fused-ring (bicyclic) bond motifs is 1. The van der Waals surface area contributed by atoms with Gasteiger partial charge in [0.25, 0.3) is 0 Å². The van der Waals surface area contributed by atoms with Gasteiger partial charge in [0.15, 0.2) is 12.6 Å². The van der Waals surface area contributed by atoms with Gasteiger partial charge in [-0.05, 0) is 11.6 Å². The third kappa shape index (κ3) is 5.43. The van der Waals surface area contributed by atoms with Crippen molar-refractivity contribution in [2.45, 2.75) is 43.5 Å². The molecule has 6 atom stereocenters. The zero-order valence-electron chi connectivity index (χ0n) is 18.5. The van der Waals surface area contributed by atoms with E-state index in [1.54, 1.807) is 13.2 Å². The molecule has 0 spiro atoms. The standard InChI is InChI=1S/C25H29NO7/c1-3-13-29-23-21(26-16-27)25(30-14-17-9-5-4-6-10-17)32-20-15-31-24(33-22(20)23)18-11-7-8-12-19(18)28-2/h3-12,16,20-25H,1,13-15H2,2H3,(H,26,27)/t20-,21-,22-,23-,24-,25+/m1/s1. The molecule has 4 rings (SSSR count). The molecule has 2 aliphatic rings. The van der Waals surface area contributed by atoms with Gasteiger partial charge in [-0.25, -0.2) is 0 Å². The SMILES string of the molecule is C=CCO[C@@H]1[C@@H](NC=O)[C@@H](OCc2ccccc2)O[C@@H]2CO[C@@H](c3ccccc3OC)O[C@@H]12. The van der Waals surface area contributed by atoms with Crippen LogP contribution in [0.5, 0.6) is 5.75 Å². The van der Waals surface area contributed by atoms with Crippen molar-refractivity contribution >= 4 is 6.41 Å². The lowest BCUT2D eigenvalue weighted by molar-refractivity contribution is -0.349. The quantitative estimate of drug-likeness (QED) is 0.436. The molecule has 2 aromatic carbocycles. The van der Waals surface area contributed by atoms with Crippen molar-refractivity contribution in [2.24, 2.45) is 0 Å². The first-order valence-electron chi connectivity index (χ1n) is 10.9. The van der Waals surface area contributed by atoms with E-state index < -0.39 is 36.9 Å². The molecule has 2 saturated heterocycles. The van der Waals surface area contributed by atoms with Gasteiger partial charge in [-0.3, -0.25) is 4.79 Å². The molecule has 0 bridgehead atoms. The summed E-state index contributed by atoms with van der Waals surface area (Å²) < 4.78 is 36.1. The summed E-state index contributed by atoms with van der Waals surface area (Å²) in [4.78, 5) is 11.5. The van der Waals surface area contributed by atoms with E-state index in [1.807, 2.05) is 54.6 Å². The van der Waals surface area contributed by atoms with Crippen molar-refractivity contribution < 1.29 is 33.2 Å². The molecular weight excluding hydrogens is 426 g/mol. The van der Waals surface area contributed by atoms with Crippen LogP contribution in [-0.2, 0) is 35.1 Å². The maximum atomic E-state index is 11.5. The zero-order valence-corrected chi connectivity index (χ0v) is 18.5. The summed E-state index contributed by atoms with van der Waals surface area (Å²) >= 11 is 0. The van der Waals surface area contributed by atoms with E-state index in [0.29, 0.717) is 18.8 Å². The minimum atomic E-state index is -0.749. The van der Waals surface area contributed by atoms with Crippen molar-refractivity contribution in [1.29, 1.82) is 0 Å². The predicted octanol–water partition coefficient (Wildman–Crippen LogP) is 2.74. The zero-order chi connectivity index (χ0) is 23.0. The van der Waals surface area contributed by atoms with E-state index in [0.717, 1.165) is 11.1 Å². The Labute approximate surface area is 193 Å². The van der Waals surface area contributed by atoms with Crippen LogP contribution in [0.25, 0.3) is 0 Å². The molecule has 1 amide bonds. The van der Waals surface area contributed by atoms with E-state index in [-0.39, 0.29) is 13.2 Å². The first-order valence-corrected chi connectivity index (χ1v) is 10.9. The van der Waals surface area contributed by atoms with Gasteiger partial charge in [-0.2, -0.15) is 0 Å². The van der Waals surface area contributed by atoms with Crippen LogP contribution in [0.15, 0.2) is 67.3 Å². The highest BCUT2D eigenvalue weighted by Gasteiger charge is 2.51. The number of carbonyl (C=O) groups excluding carboxylic acids is 1. The third-order valence-corrected chi connectivity index (χ3v) is 5.66. The van der Waals surface area contributed by atoms with Gasteiger partial charge < -0.3 is 33.7 Å². The Morgan fingerprint density at radius 2 is 1.88 bits per heavy atom. The Kier molecular flexibility index (Phi) is 8.09. The maximum Gasteiger partial charge on any atom is 0.207 e. The van der Waals surface area contributed by atoms with Gasteiger partial charge in [-0.15, -0.1) is 6.58 Å². The molecule has 0 radical (unpaired) electrons. The van der Waals surface area contributed by atoms with Crippen molar-refractivity contribution in [3.8, 4) is 5.75 Å². The van der Waals surface area contributed by atoms with Gasteiger partial charge in [0.1, 0.15) is 30.1 Å². The number of hydrogen-bond acceptors (Lipinski definition) is 7.